The minimum Gasteiger partial charge on any atom is -0.461 e. The van der Waals surface area contributed by atoms with E-state index in [1.165, 1.54) is 11.1 Å². The summed E-state index contributed by atoms with van der Waals surface area (Å²) >= 11 is 0. The van der Waals surface area contributed by atoms with E-state index >= 15 is 0 Å². The fourth-order valence-corrected chi connectivity index (χ4v) is 6.44. The molecule has 0 radical (unpaired) electrons. The second kappa shape index (κ2) is 8.60. The molecule has 33 heavy (non-hydrogen) atoms. The number of aryl methyl sites for hydroxylation is 1. The van der Waals surface area contributed by atoms with E-state index < -0.39 is 0 Å². The van der Waals surface area contributed by atoms with Gasteiger partial charge in [-0.3, -0.25) is 19.8 Å². The monoisotopic (exact) mass is 451 g/mol. The van der Waals surface area contributed by atoms with Crippen LogP contribution in [0.15, 0.2) is 42.0 Å². The minimum atomic E-state index is -0.316. The molecule has 0 amide bonds. The number of nitrogens with zero attached hydrogens (tertiary/aromatic N) is 3. The summed E-state index contributed by atoms with van der Waals surface area (Å²) in [6.45, 7) is 12.3. The number of nitro groups is 1. The number of esters is 1. The standard InChI is InChI=1S/C26H33N3O4/c1-16-5-9-21-22(26(30)33-25(21)24-18(3)6-8-20(16)24)15-27-10-12-28(13-11-27)19-7-4-17(2)23(14-19)29(31)32/h4-5,7,14,20-22,24-25H,3,6,8-13,15H2,1-2H3/t20-,21-,22-,24-,25-/m0/s1. The number of ether oxygens (including phenoxy) is 1. The third-order valence-corrected chi connectivity index (χ3v) is 8.41. The molecule has 0 unspecified atom stereocenters. The van der Waals surface area contributed by atoms with Gasteiger partial charge in [0.15, 0.2) is 0 Å². The number of fused-ring (bicyclic) bond motifs is 3. The van der Waals surface area contributed by atoms with Crippen LogP contribution in [0.3, 0.4) is 0 Å². The highest BCUT2D eigenvalue weighted by Crippen LogP contribution is 2.51. The number of carbonyl (C=O) groups excluding carboxylic acids is 1. The van der Waals surface area contributed by atoms with Crippen molar-refractivity contribution < 1.29 is 14.5 Å². The third-order valence-electron chi connectivity index (χ3n) is 8.41. The molecule has 5 rings (SSSR count). The molecule has 1 saturated carbocycles. The first kappa shape index (κ1) is 22.1. The lowest BCUT2D eigenvalue weighted by Gasteiger charge is -2.37. The van der Waals surface area contributed by atoms with Crippen molar-refractivity contribution in [3.05, 3.63) is 57.7 Å². The molecule has 0 aromatic heterocycles. The molecule has 7 heteroatoms. The highest BCUT2D eigenvalue weighted by Gasteiger charge is 2.52. The van der Waals surface area contributed by atoms with Gasteiger partial charge in [0.1, 0.15) is 6.10 Å². The summed E-state index contributed by atoms with van der Waals surface area (Å²) in [5.74, 6) is 0.819. The molecule has 2 aliphatic heterocycles. The summed E-state index contributed by atoms with van der Waals surface area (Å²) in [5.41, 5.74) is 4.42. The van der Waals surface area contributed by atoms with E-state index in [2.05, 4.69) is 29.4 Å². The number of piperazine rings is 1. The lowest BCUT2D eigenvalue weighted by Crippen LogP contribution is -2.49. The van der Waals surface area contributed by atoms with Crippen molar-refractivity contribution in [2.45, 2.75) is 39.2 Å². The molecule has 1 aromatic rings. The van der Waals surface area contributed by atoms with E-state index in [0.29, 0.717) is 11.5 Å². The summed E-state index contributed by atoms with van der Waals surface area (Å²) in [4.78, 5) is 28.5. The lowest BCUT2D eigenvalue weighted by atomic mass is 9.78. The van der Waals surface area contributed by atoms with Crippen LogP contribution in [0.25, 0.3) is 0 Å². The Hall–Kier alpha value is -2.67. The van der Waals surface area contributed by atoms with Gasteiger partial charge in [0.25, 0.3) is 5.69 Å². The highest BCUT2D eigenvalue weighted by atomic mass is 16.6. The zero-order chi connectivity index (χ0) is 23.3. The number of anilines is 1. The predicted octanol–water partition coefficient (Wildman–Crippen LogP) is 4.12. The molecule has 5 atom stereocenters. The molecule has 0 bridgehead atoms. The van der Waals surface area contributed by atoms with E-state index in [0.717, 1.165) is 57.7 Å². The minimum absolute atomic E-state index is 0.0365. The second-order valence-corrected chi connectivity index (χ2v) is 10.2. The van der Waals surface area contributed by atoms with Crippen LogP contribution in [-0.4, -0.2) is 54.6 Å². The third kappa shape index (κ3) is 3.97. The summed E-state index contributed by atoms with van der Waals surface area (Å²) in [6.07, 6.45) is 5.37. The van der Waals surface area contributed by atoms with Crippen LogP contribution >= 0.6 is 0 Å². The van der Waals surface area contributed by atoms with E-state index in [1.807, 2.05) is 12.1 Å². The van der Waals surface area contributed by atoms with Crippen LogP contribution in [0.1, 0.15) is 31.7 Å². The van der Waals surface area contributed by atoms with Crippen LogP contribution in [0.5, 0.6) is 0 Å². The molecule has 4 aliphatic rings. The number of carbonyl (C=O) groups is 1. The van der Waals surface area contributed by atoms with Gasteiger partial charge < -0.3 is 9.64 Å². The Balaban J connectivity index is 1.25. The van der Waals surface area contributed by atoms with Crippen LogP contribution in [0, 0.1) is 40.7 Å². The summed E-state index contributed by atoms with van der Waals surface area (Å²) in [6, 6.07) is 5.46. The maximum Gasteiger partial charge on any atom is 0.310 e. The maximum absolute atomic E-state index is 12.9. The Morgan fingerprint density at radius 2 is 1.97 bits per heavy atom. The van der Waals surface area contributed by atoms with Gasteiger partial charge >= 0.3 is 5.97 Å². The Morgan fingerprint density at radius 1 is 1.21 bits per heavy atom. The first-order chi connectivity index (χ1) is 15.8. The second-order valence-electron chi connectivity index (χ2n) is 10.2. The average Bonchev–Trinajstić information content (AvgIpc) is 3.28. The summed E-state index contributed by atoms with van der Waals surface area (Å²) in [5, 5.41) is 11.3. The summed E-state index contributed by atoms with van der Waals surface area (Å²) in [7, 11) is 0. The molecule has 2 aliphatic carbocycles. The van der Waals surface area contributed by atoms with Crippen molar-refractivity contribution in [1.29, 1.82) is 0 Å². The van der Waals surface area contributed by atoms with Crippen molar-refractivity contribution in [2.24, 2.45) is 23.7 Å². The van der Waals surface area contributed by atoms with Gasteiger partial charge in [0.2, 0.25) is 0 Å². The van der Waals surface area contributed by atoms with Gasteiger partial charge in [0, 0.05) is 61.9 Å². The normalized spacial score (nSPS) is 32.1. The molecular weight excluding hydrogens is 418 g/mol. The molecule has 0 spiro atoms. The number of allylic oxidation sites excluding steroid dienone is 2. The largest absolute Gasteiger partial charge is 0.461 e. The lowest BCUT2D eigenvalue weighted by molar-refractivity contribution is -0.385. The Labute approximate surface area is 195 Å². The van der Waals surface area contributed by atoms with Crippen molar-refractivity contribution in [3.8, 4) is 0 Å². The molecule has 1 aromatic carbocycles. The zero-order valence-corrected chi connectivity index (χ0v) is 19.5. The van der Waals surface area contributed by atoms with E-state index in [-0.39, 0.29) is 40.4 Å². The zero-order valence-electron chi connectivity index (χ0n) is 19.5. The Bertz CT molecular complexity index is 1010. The van der Waals surface area contributed by atoms with Crippen molar-refractivity contribution >= 4 is 17.3 Å². The van der Waals surface area contributed by atoms with Gasteiger partial charge in [-0.15, -0.1) is 0 Å². The van der Waals surface area contributed by atoms with Gasteiger partial charge in [-0.2, -0.15) is 0 Å². The van der Waals surface area contributed by atoms with Gasteiger partial charge in [-0.25, -0.2) is 0 Å². The van der Waals surface area contributed by atoms with E-state index in [4.69, 9.17) is 4.74 Å². The number of hydrogen-bond donors (Lipinski definition) is 0. The molecule has 0 N–H and O–H groups in total. The SMILES string of the molecule is C=C1CC[C@H]2C(C)=CC[C@@H]3[C@H](OC(=O)[C@H]3CN3CCN(c4ccc(C)c([N+](=O)[O-])c4)CC3)[C@@H]12. The first-order valence-corrected chi connectivity index (χ1v) is 12.1. The Morgan fingerprint density at radius 3 is 2.70 bits per heavy atom. The van der Waals surface area contributed by atoms with Crippen molar-refractivity contribution in [2.75, 3.05) is 37.6 Å². The molecule has 2 heterocycles. The van der Waals surface area contributed by atoms with Crippen LogP contribution < -0.4 is 4.90 Å². The van der Waals surface area contributed by atoms with Crippen molar-refractivity contribution in [1.82, 2.24) is 4.90 Å². The van der Waals surface area contributed by atoms with Crippen LogP contribution in [0.4, 0.5) is 11.4 Å². The average molecular weight is 452 g/mol. The van der Waals surface area contributed by atoms with E-state index in [9.17, 15) is 14.9 Å². The summed E-state index contributed by atoms with van der Waals surface area (Å²) < 4.78 is 6.04. The molecule has 176 valence electrons. The fourth-order valence-electron chi connectivity index (χ4n) is 6.44. The molecular formula is C26H33N3O4. The molecule has 7 nitrogen and oxygen atoms in total. The smallest absolute Gasteiger partial charge is 0.310 e. The van der Waals surface area contributed by atoms with Crippen LogP contribution in [-0.2, 0) is 9.53 Å². The fraction of sp³-hybridized carbons (Fsp3) is 0.577. The van der Waals surface area contributed by atoms with Gasteiger partial charge in [0.05, 0.1) is 10.8 Å². The quantitative estimate of drug-likeness (QED) is 0.297. The Kier molecular flexibility index (Phi) is 5.77. The number of rotatable bonds is 4. The number of benzene rings is 1. The van der Waals surface area contributed by atoms with Gasteiger partial charge in [-0.1, -0.05) is 29.9 Å². The molecule has 2 saturated heterocycles. The highest BCUT2D eigenvalue weighted by molar-refractivity contribution is 5.76. The maximum atomic E-state index is 12.9. The van der Waals surface area contributed by atoms with E-state index in [1.54, 1.807) is 13.0 Å². The molecule has 3 fully saturated rings. The van der Waals surface area contributed by atoms with Crippen molar-refractivity contribution in [3.63, 3.8) is 0 Å². The topological polar surface area (TPSA) is 75.9 Å². The number of hydrogen-bond acceptors (Lipinski definition) is 6. The predicted molar refractivity (Wildman–Crippen MR) is 127 cm³/mol. The number of nitro benzene ring substituents is 1. The van der Waals surface area contributed by atoms with Gasteiger partial charge in [-0.05, 0) is 45.1 Å². The first-order valence-electron chi connectivity index (χ1n) is 12.1. The van der Waals surface area contributed by atoms with Crippen LogP contribution in [0.2, 0.25) is 0 Å².